The van der Waals surface area contributed by atoms with E-state index in [9.17, 15) is 18.5 Å². The normalized spacial score (nSPS) is 15.2. The molecule has 0 radical (unpaired) electrons. The van der Waals surface area contributed by atoms with Gasteiger partial charge in [-0.25, -0.2) is 23.4 Å². The fraction of sp³-hybridized carbons (Fsp3) is 0.350. The molecule has 0 amide bonds. The van der Waals surface area contributed by atoms with Crippen molar-refractivity contribution in [2.75, 3.05) is 31.1 Å². The molecule has 1 aliphatic heterocycles. The minimum atomic E-state index is -3.73. The molecule has 4 rings (SSSR count). The van der Waals surface area contributed by atoms with Gasteiger partial charge in [0.15, 0.2) is 0 Å². The highest BCUT2D eigenvalue weighted by molar-refractivity contribution is 7.89. The summed E-state index contributed by atoms with van der Waals surface area (Å²) in [6.07, 6.45) is 1.73. The van der Waals surface area contributed by atoms with Crippen LogP contribution in [0.3, 0.4) is 0 Å². The third-order valence-corrected chi connectivity index (χ3v) is 7.47. The van der Waals surface area contributed by atoms with Crippen LogP contribution >= 0.6 is 0 Å². The summed E-state index contributed by atoms with van der Waals surface area (Å²) in [4.78, 5) is 25.7. The molecule has 3 heterocycles. The van der Waals surface area contributed by atoms with Crippen molar-refractivity contribution in [1.82, 2.24) is 23.8 Å². The van der Waals surface area contributed by atoms with Gasteiger partial charge in [0, 0.05) is 50.1 Å². The fourth-order valence-electron chi connectivity index (χ4n) is 3.60. The van der Waals surface area contributed by atoms with E-state index in [0.29, 0.717) is 24.7 Å². The van der Waals surface area contributed by atoms with E-state index in [0.717, 1.165) is 17.2 Å². The van der Waals surface area contributed by atoms with Gasteiger partial charge in [0.1, 0.15) is 23.8 Å². The van der Waals surface area contributed by atoms with Crippen LogP contribution in [0.15, 0.2) is 41.6 Å². The molecule has 12 heteroatoms. The van der Waals surface area contributed by atoms with E-state index in [1.807, 2.05) is 36.3 Å². The summed E-state index contributed by atoms with van der Waals surface area (Å²) in [5, 5.41) is 10.8. The molecule has 0 N–H and O–H groups in total. The molecule has 168 valence electrons. The lowest BCUT2D eigenvalue weighted by atomic mass is 10.3. The van der Waals surface area contributed by atoms with E-state index in [1.54, 1.807) is 6.33 Å². The molecule has 2 aromatic heterocycles. The van der Waals surface area contributed by atoms with Crippen LogP contribution < -0.4 is 4.90 Å². The number of benzene rings is 1. The number of nitro groups is 1. The number of non-ortho nitro benzene ring substituents is 1. The molecular weight excluding hydrogens is 434 g/mol. The van der Waals surface area contributed by atoms with Crippen LogP contribution in [0, 0.1) is 30.9 Å². The van der Waals surface area contributed by atoms with E-state index in [4.69, 9.17) is 0 Å². The summed E-state index contributed by atoms with van der Waals surface area (Å²) in [5.41, 5.74) is 1.77. The lowest BCUT2D eigenvalue weighted by Crippen LogP contribution is -2.49. The van der Waals surface area contributed by atoms with Crippen molar-refractivity contribution in [1.29, 1.82) is 0 Å². The molecule has 32 heavy (non-hydrogen) atoms. The van der Waals surface area contributed by atoms with Gasteiger partial charge in [-0.1, -0.05) is 0 Å². The maximum absolute atomic E-state index is 12.9. The number of rotatable bonds is 5. The van der Waals surface area contributed by atoms with Crippen molar-refractivity contribution in [2.24, 2.45) is 0 Å². The third kappa shape index (κ3) is 4.06. The minimum Gasteiger partial charge on any atom is -0.354 e. The highest BCUT2D eigenvalue weighted by atomic mass is 32.2. The molecule has 0 atom stereocenters. The number of anilines is 1. The molecule has 1 fully saturated rings. The number of nitrogens with zero attached hydrogens (tertiary/aromatic N) is 7. The van der Waals surface area contributed by atoms with E-state index >= 15 is 0 Å². The first-order valence-corrected chi connectivity index (χ1v) is 11.5. The molecule has 0 aliphatic carbocycles. The van der Waals surface area contributed by atoms with Gasteiger partial charge in [0.25, 0.3) is 5.69 Å². The highest BCUT2D eigenvalue weighted by Gasteiger charge is 2.29. The number of aryl methyl sites for hydroxylation is 2. The summed E-state index contributed by atoms with van der Waals surface area (Å²) < 4.78 is 29.2. The maximum Gasteiger partial charge on any atom is 0.269 e. The maximum atomic E-state index is 12.9. The Hall–Kier alpha value is -3.38. The van der Waals surface area contributed by atoms with Gasteiger partial charge < -0.3 is 4.90 Å². The number of hydrogen-bond acceptors (Lipinski definition) is 8. The number of sulfonamides is 1. The van der Waals surface area contributed by atoms with Crippen LogP contribution in [-0.2, 0) is 10.0 Å². The lowest BCUT2D eigenvalue weighted by molar-refractivity contribution is -0.384. The standard InChI is InChI=1S/C20H23N7O4S/c1-14-15(2)26(13-21-14)20-12-19(22-16(3)23-20)24-8-10-25(11-9-24)32(30,31)18-6-4-17(5-7-18)27(28)29/h4-7,12-13H,8-11H2,1-3H3. The largest absolute Gasteiger partial charge is 0.354 e. The Balaban J connectivity index is 1.51. The van der Waals surface area contributed by atoms with Crippen LogP contribution in [0.1, 0.15) is 17.2 Å². The number of aromatic nitrogens is 4. The van der Waals surface area contributed by atoms with Gasteiger partial charge in [-0.15, -0.1) is 0 Å². The second-order valence-corrected chi connectivity index (χ2v) is 9.50. The molecule has 0 spiro atoms. The molecule has 3 aromatic rings. The van der Waals surface area contributed by atoms with E-state index in [-0.39, 0.29) is 23.7 Å². The summed E-state index contributed by atoms with van der Waals surface area (Å²) in [6.45, 7) is 7.21. The van der Waals surface area contributed by atoms with Gasteiger partial charge in [-0.3, -0.25) is 14.7 Å². The van der Waals surface area contributed by atoms with Crippen molar-refractivity contribution < 1.29 is 13.3 Å². The monoisotopic (exact) mass is 457 g/mol. The van der Waals surface area contributed by atoms with Crippen molar-refractivity contribution in [3.8, 4) is 5.82 Å². The van der Waals surface area contributed by atoms with Crippen molar-refractivity contribution in [3.05, 3.63) is 64.0 Å². The minimum absolute atomic E-state index is 0.0441. The SMILES string of the molecule is Cc1nc(N2CCN(S(=O)(=O)c3ccc([N+](=O)[O-])cc3)CC2)cc(-n2cnc(C)c2C)n1. The molecular formula is C20H23N7O4S. The second-order valence-electron chi connectivity index (χ2n) is 7.56. The third-order valence-electron chi connectivity index (χ3n) is 5.56. The smallest absolute Gasteiger partial charge is 0.269 e. The Morgan fingerprint density at radius 3 is 2.16 bits per heavy atom. The van der Waals surface area contributed by atoms with Crippen LogP contribution in [0.25, 0.3) is 5.82 Å². The van der Waals surface area contributed by atoms with E-state index < -0.39 is 14.9 Å². The van der Waals surface area contributed by atoms with Gasteiger partial charge in [-0.2, -0.15) is 4.31 Å². The first-order valence-electron chi connectivity index (χ1n) is 10.0. The molecule has 0 saturated carbocycles. The molecule has 0 unspecified atom stereocenters. The number of imidazole rings is 1. The van der Waals surface area contributed by atoms with Gasteiger partial charge >= 0.3 is 0 Å². The Morgan fingerprint density at radius 2 is 1.59 bits per heavy atom. The summed E-state index contributed by atoms with van der Waals surface area (Å²) in [7, 11) is -3.73. The second kappa shape index (κ2) is 8.28. The Bertz CT molecular complexity index is 1260. The zero-order chi connectivity index (χ0) is 23.0. The first-order chi connectivity index (χ1) is 15.2. The van der Waals surface area contributed by atoms with Crippen LogP contribution in [0.2, 0.25) is 0 Å². The summed E-state index contributed by atoms with van der Waals surface area (Å²) >= 11 is 0. The predicted molar refractivity (Wildman–Crippen MR) is 117 cm³/mol. The van der Waals surface area contributed by atoms with E-state index in [2.05, 4.69) is 15.0 Å². The summed E-state index contributed by atoms with van der Waals surface area (Å²) in [6, 6.07) is 6.83. The lowest BCUT2D eigenvalue weighted by Gasteiger charge is -2.34. The van der Waals surface area contributed by atoms with Crippen LogP contribution in [-0.4, -0.2) is 63.3 Å². The quantitative estimate of drug-likeness (QED) is 0.420. The molecule has 1 aromatic carbocycles. The fourth-order valence-corrected chi connectivity index (χ4v) is 5.02. The number of nitro benzene ring substituents is 1. The Morgan fingerprint density at radius 1 is 0.969 bits per heavy atom. The zero-order valence-electron chi connectivity index (χ0n) is 18.0. The van der Waals surface area contributed by atoms with Crippen LogP contribution in [0.5, 0.6) is 0 Å². The Kier molecular flexibility index (Phi) is 5.65. The molecule has 11 nitrogen and oxygen atoms in total. The van der Waals surface area contributed by atoms with Crippen LogP contribution in [0.4, 0.5) is 11.5 Å². The average Bonchev–Trinajstić information content (AvgIpc) is 3.12. The van der Waals surface area contributed by atoms with Crippen molar-refractivity contribution in [3.63, 3.8) is 0 Å². The zero-order valence-corrected chi connectivity index (χ0v) is 18.8. The molecule has 1 saturated heterocycles. The number of piperazine rings is 1. The first kappa shape index (κ1) is 21.8. The Labute approximate surface area is 185 Å². The molecule has 1 aliphatic rings. The predicted octanol–water partition coefficient (Wildman–Crippen LogP) is 2.01. The highest BCUT2D eigenvalue weighted by Crippen LogP contribution is 2.23. The van der Waals surface area contributed by atoms with E-state index in [1.165, 1.54) is 28.6 Å². The van der Waals surface area contributed by atoms with Gasteiger partial charge in [0.05, 0.1) is 15.5 Å². The molecule has 0 bridgehead atoms. The van der Waals surface area contributed by atoms with Gasteiger partial charge in [0.2, 0.25) is 10.0 Å². The topological polar surface area (TPSA) is 127 Å². The van der Waals surface area contributed by atoms with Gasteiger partial charge in [-0.05, 0) is 32.9 Å². The summed E-state index contributed by atoms with van der Waals surface area (Å²) in [5.74, 6) is 2.06. The van der Waals surface area contributed by atoms with Crippen molar-refractivity contribution >= 4 is 21.5 Å². The van der Waals surface area contributed by atoms with Crippen molar-refractivity contribution in [2.45, 2.75) is 25.7 Å². The number of hydrogen-bond donors (Lipinski definition) is 0. The average molecular weight is 458 g/mol.